The zero-order valence-corrected chi connectivity index (χ0v) is 10.9. The Bertz CT molecular complexity index is 477. The second kappa shape index (κ2) is 5.65. The van der Waals surface area contributed by atoms with Crippen molar-refractivity contribution in [1.29, 1.82) is 0 Å². The van der Waals surface area contributed by atoms with Gasteiger partial charge in [0.15, 0.2) is 0 Å². The second-order valence-electron chi connectivity index (χ2n) is 4.56. The van der Waals surface area contributed by atoms with Gasteiger partial charge in [-0.1, -0.05) is 18.2 Å². The maximum Gasteiger partial charge on any atom is 0.0598 e. The number of hydrogen-bond acceptors (Lipinski definition) is 3. The van der Waals surface area contributed by atoms with Crippen LogP contribution in [0.5, 0.6) is 0 Å². The zero-order chi connectivity index (χ0) is 13.0. The topological polar surface area (TPSA) is 42.1 Å². The van der Waals surface area contributed by atoms with Gasteiger partial charge < -0.3 is 10.6 Å². The first-order valence-electron chi connectivity index (χ1n) is 6.13. The number of pyridine rings is 1. The fourth-order valence-electron chi connectivity index (χ4n) is 1.86. The summed E-state index contributed by atoms with van der Waals surface area (Å²) in [6, 6.07) is 14.4. The van der Waals surface area contributed by atoms with Crippen LogP contribution in [0.25, 0.3) is 0 Å². The molecule has 0 bridgehead atoms. The van der Waals surface area contributed by atoms with Gasteiger partial charge >= 0.3 is 0 Å². The Labute approximate surface area is 108 Å². The Hall–Kier alpha value is -1.87. The molecule has 1 unspecified atom stereocenters. The summed E-state index contributed by atoms with van der Waals surface area (Å²) in [6.07, 6.45) is 1.82. The van der Waals surface area contributed by atoms with Gasteiger partial charge in [-0.25, -0.2) is 0 Å². The lowest BCUT2D eigenvalue weighted by Gasteiger charge is -2.19. The molecule has 1 aromatic heterocycles. The van der Waals surface area contributed by atoms with E-state index in [0.717, 1.165) is 17.8 Å². The van der Waals surface area contributed by atoms with Crippen molar-refractivity contribution in [3.63, 3.8) is 0 Å². The van der Waals surface area contributed by atoms with Crippen LogP contribution in [0.15, 0.2) is 48.7 Å². The van der Waals surface area contributed by atoms with Crippen molar-refractivity contribution in [2.24, 2.45) is 5.73 Å². The third kappa shape index (κ3) is 3.08. The minimum absolute atomic E-state index is 0.0835. The number of nitrogens with zero attached hydrogens (tertiary/aromatic N) is 2. The Morgan fingerprint density at radius 2 is 1.89 bits per heavy atom. The number of hydrogen-bond donors (Lipinski definition) is 1. The minimum Gasteiger partial charge on any atom is -0.369 e. The lowest BCUT2D eigenvalue weighted by Crippen LogP contribution is -2.17. The molecule has 1 aromatic carbocycles. The Morgan fingerprint density at radius 3 is 2.44 bits per heavy atom. The Balaban J connectivity index is 2.07. The summed E-state index contributed by atoms with van der Waals surface area (Å²) in [6.45, 7) is 2.80. The van der Waals surface area contributed by atoms with Crippen molar-refractivity contribution in [3.05, 3.63) is 59.9 Å². The molecule has 94 valence electrons. The van der Waals surface area contributed by atoms with Gasteiger partial charge in [-0.2, -0.15) is 0 Å². The van der Waals surface area contributed by atoms with Gasteiger partial charge in [0.25, 0.3) is 0 Å². The lowest BCUT2D eigenvalue weighted by atomic mass is 10.1. The zero-order valence-electron chi connectivity index (χ0n) is 10.9. The lowest BCUT2D eigenvalue weighted by molar-refractivity contribution is 0.816. The van der Waals surface area contributed by atoms with Crippen LogP contribution < -0.4 is 10.6 Å². The van der Waals surface area contributed by atoms with Crippen molar-refractivity contribution < 1.29 is 0 Å². The Morgan fingerprint density at radius 1 is 1.17 bits per heavy atom. The van der Waals surface area contributed by atoms with E-state index in [9.17, 15) is 0 Å². The first-order chi connectivity index (χ1) is 8.66. The highest BCUT2D eigenvalue weighted by molar-refractivity contribution is 5.47. The maximum absolute atomic E-state index is 5.84. The maximum atomic E-state index is 5.84. The van der Waals surface area contributed by atoms with Crippen LogP contribution >= 0.6 is 0 Å². The number of rotatable bonds is 4. The van der Waals surface area contributed by atoms with E-state index < -0.39 is 0 Å². The van der Waals surface area contributed by atoms with E-state index in [1.54, 1.807) is 0 Å². The quantitative estimate of drug-likeness (QED) is 0.895. The summed E-state index contributed by atoms with van der Waals surface area (Å²) in [5.41, 5.74) is 9.23. The summed E-state index contributed by atoms with van der Waals surface area (Å²) < 4.78 is 0. The molecule has 0 saturated carbocycles. The molecule has 0 spiro atoms. The van der Waals surface area contributed by atoms with E-state index in [1.165, 1.54) is 5.69 Å². The molecule has 3 nitrogen and oxygen atoms in total. The highest BCUT2D eigenvalue weighted by atomic mass is 15.1. The predicted octanol–water partition coefficient (Wildman–Crippen LogP) is 2.74. The van der Waals surface area contributed by atoms with Gasteiger partial charge in [-0.3, -0.25) is 4.98 Å². The average molecular weight is 241 g/mol. The molecule has 2 rings (SSSR count). The summed E-state index contributed by atoms with van der Waals surface area (Å²) in [4.78, 5) is 6.50. The molecule has 1 atom stereocenters. The third-order valence-electron chi connectivity index (χ3n) is 2.98. The van der Waals surface area contributed by atoms with Gasteiger partial charge in [0, 0.05) is 25.0 Å². The van der Waals surface area contributed by atoms with E-state index in [4.69, 9.17) is 5.73 Å². The molecule has 0 aliphatic heterocycles. The Kier molecular flexibility index (Phi) is 3.95. The molecular formula is C15H19N3. The summed E-state index contributed by atoms with van der Waals surface area (Å²) in [5.74, 6) is 0. The largest absolute Gasteiger partial charge is 0.369 e. The fourth-order valence-corrected chi connectivity index (χ4v) is 1.86. The normalized spacial score (nSPS) is 12.2. The van der Waals surface area contributed by atoms with Gasteiger partial charge in [0.2, 0.25) is 0 Å². The molecule has 0 aliphatic carbocycles. The SMILES string of the molecule is CC(N)c1ccc(N(C)Cc2ccccn2)cc1. The molecule has 2 aromatic rings. The van der Waals surface area contributed by atoms with E-state index >= 15 is 0 Å². The smallest absolute Gasteiger partial charge is 0.0598 e. The van der Waals surface area contributed by atoms with Crippen molar-refractivity contribution in [2.45, 2.75) is 19.5 Å². The first kappa shape index (κ1) is 12.6. The third-order valence-corrected chi connectivity index (χ3v) is 2.98. The van der Waals surface area contributed by atoms with Gasteiger partial charge in [-0.15, -0.1) is 0 Å². The van der Waals surface area contributed by atoms with Crippen LogP contribution in [0.1, 0.15) is 24.2 Å². The molecule has 0 amide bonds. The molecule has 3 heteroatoms. The minimum atomic E-state index is 0.0835. The van der Waals surface area contributed by atoms with Crippen LogP contribution in [0.3, 0.4) is 0 Å². The van der Waals surface area contributed by atoms with E-state index in [2.05, 4.69) is 41.2 Å². The summed E-state index contributed by atoms with van der Waals surface area (Å²) in [5, 5.41) is 0. The van der Waals surface area contributed by atoms with Gasteiger partial charge in [0.1, 0.15) is 0 Å². The molecule has 0 aliphatic rings. The number of benzene rings is 1. The molecular weight excluding hydrogens is 222 g/mol. The van der Waals surface area contributed by atoms with Crippen LogP contribution in [0.4, 0.5) is 5.69 Å². The van der Waals surface area contributed by atoms with E-state index in [0.29, 0.717) is 0 Å². The first-order valence-corrected chi connectivity index (χ1v) is 6.13. The monoisotopic (exact) mass is 241 g/mol. The summed E-state index contributed by atoms with van der Waals surface area (Å²) in [7, 11) is 2.07. The van der Waals surface area contributed by atoms with Crippen molar-refractivity contribution in [1.82, 2.24) is 4.98 Å². The fraction of sp³-hybridized carbons (Fsp3) is 0.267. The highest BCUT2D eigenvalue weighted by Gasteiger charge is 2.04. The average Bonchev–Trinajstić information content (AvgIpc) is 2.40. The molecule has 2 N–H and O–H groups in total. The standard InChI is InChI=1S/C15H19N3/c1-12(16)13-6-8-15(9-7-13)18(2)11-14-5-3-4-10-17-14/h3-10,12H,11,16H2,1-2H3. The number of nitrogens with two attached hydrogens (primary N) is 1. The molecule has 0 fully saturated rings. The summed E-state index contributed by atoms with van der Waals surface area (Å²) >= 11 is 0. The van der Waals surface area contributed by atoms with Crippen LogP contribution in [-0.2, 0) is 6.54 Å². The molecule has 0 saturated heterocycles. The van der Waals surface area contributed by atoms with Crippen LogP contribution in [-0.4, -0.2) is 12.0 Å². The number of aromatic nitrogens is 1. The van der Waals surface area contributed by atoms with Crippen LogP contribution in [0, 0.1) is 0 Å². The molecule has 1 heterocycles. The van der Waals surface area contributed by atoms with Crippen molar-refractivity contribution in [2.75, 3.05) is 11.9 Å². The number of anilines is 1. The van der Waals surface area contributed by atoms with Crippen LogP contribution in [0.2, 0.25) is 0 Å². The van der Waals surface area contributed by atoms with Gasteiger partial charge in [-0.05, 0) is 36.8 Å². The van der Waals surface area contributed by atoms with Crippen molar-refractivity contribution >= 4 is 5.69 Å². The van der Waals surface area contributed by atoms with Gasteiger partial charge in [0.05, 0.1) is 12.2 Å². The van der Waals surface area contributed by atoms with E-state index in [-0.39, 0.29) is 6.04 Å². The molecule has 0 radical (unpaired) electrons. The molecule has 18 heavy (non-hydrogen) atoms. The van der Waals surface area contributed by atoms with E-state index in [1.807, 2.05) is 31.3 Å². The highest BCUT2D eigenvalue weighted by Crippen LogP contribution is 2.18. The van der Waals surface area contributed by atoms with Crippen molar-refractivity contribution in [3.8, 4) is 0 Å². The second-order valence-corrected chi connectivity index (χ2v) is 4.56. The predicted molar refractivity (Wildman–Crippen MR) is 75.4 cm³/mol.